The highest BCUT2D eigenvalue weighted by molar-refractivity contribution is 9.10. The molecule has 0 unspecified atom stereocenters. The summed E-state index contributed by atoms with van der Waals surface area (Å²) >= 11 is 3.47. The number of aromatic nitrogens is 1. The number of nitrogens with one attached hydrogen (secondary N) is 1. The minimum Gasteiger partial charge on any atom is -0.313 e. The van der Waals surface area contributed by atoms with Crippen molar-refractivity contribution in [1.29, 1.82) is 0 Å². The number of hydrogen-bond acceptors (Lipinski definition) is 2. The highest BCUT2D eigenvalue weighted by atomic mass is 79.9. The molecule has 0 saturated carbocycles. The van der Waals surface area contributed by atoms with Gasteiger partial charge in [-0.2, -0.15) is 0 Å². The Kier molecular flexibility index (Phi) is 3.34. The Morgan fingerprint density at radius 2 is 2.20 bits per heavy atom. The average Bonchev–Trinajstić information content (AvgIpc) is 2.25. The zero-order valence-electron chi connectivity index (χ0n) is 8.63. The number of benzene rings is 1. The van der Waals surface area contributed by atoms with Crippen LogP contribution in [0, 0.1) is 0 Å². The van der Waals surface area contributed by atoms with Crippen molar-refractivity contribution in [2.24, 2.45) is 0 Å². The minimum absolute atomic E-state index is 0.881. The third-order valence-corrected chi connectivity index (χ3v) is 2.77. The molecule has 2 aromatic rings. The number of nitrogens with zero attached hydrogens (tertiary/aromatic N) is 1. The van der Waals surface area contributed by atoms with Gasteiger partial charge in [0.2, 0.25) is 0 Å². The lowest BCUT2D eigenvalue weighted by Gasteiger charge is -2.03. The Balaban J connectivity index is 2.36. The second kappa shape index (κ2) is 4.73. The molecule has 0 atom stereocenters. The highest BCUT2D eigenvalue weighted by Crippen LogP contribution is 2.18. The second-order valence-corrected chi connectivity index (χ2v) is 4.38. The van der Waals surface area contributed by atoms with Crippen LogP contribution in [0.4, 0.5) is 0 Å². The van der Waals surface area contributed by atoms with Crippen LogP contribution in [-0.2, 0) is 6.54 Å². The first-order chi connectivity index (χ1) is 7.29. The number of halogens is 1. The van der Waals surface area contributed by atoms with Crippen LogP contribution in [0.5, 0.6) is 0 Å². The summed E-state index contributed by atoms with van der Waals surface area (Å²) in [4.78, 5) is 4.41. The first-order valence-corrected chi connectivity index (χ1v) is 5.84. The first-order valence-electron chi connectivity index (χ1n) is 5.04. The number of fused-ring (bicyclic) bond motifs is 1. The van der Waals surface area contributed by atoms with Gasteiger partial charge in [-0.25, -0.2) is 0 Å². The van der Waals surface area contributed by atoms with E-state index in [1.54, 1.807) is 0 Å². The van der Waals surface area contributed by atoms with Gasteiger partial charge in [0.1, 0.15) is 0 Å². The fraction of sp³-hybridized carbons (Fsp3) is 0.250. The van der Waals surface area contributed by atoms with Crippen molar-refractivity contribution >= 4 is 26.8 Å². The molecule has 0 bridgehead atoms. The molecule has 1 N–H and O–H groups in total. The topological polar surface area (TPSA) is 24.9 Å². The molecular formula is C12H13BrN2. The minimum atomic E-state index is 0.881. The smallest absolute Gasteiger partial charge is 0.0702 e. The Labute approximate surface area is 97.8 Å². The van der Waals surface area contributed by atoms with Crippen LogP contribution >= 0.6 is 15.9 Å². The fourth-order valence-electron chi connectivity index (χ4n) is 1.51. The largest absolute Gasteiger partial charge is 0.313 e. The van der Waals surface area contributed by atoms with E-state index in [4.69, 9.17) is 0 Å². The zero-order valence-corrected chi connectivity index (χ0v) is 10.2. The summed E-state index contributed by atoms with van der Waals surface area (Å²) in [6.07, 6.45) is 1.93. The van der Waals surface area contributed by atoms with E-state index in [0.717, 1.165) is 23.1 Å². The zero-order chi connectivity index (χ0) is 10.7. The lowest BCUT2D eigenvalue weighted by atomic mass is 10.1. The van der Waals surface area contributed by atoms with Gasteiger partial charge in [0.15, 0.2) is 0 Å². The van der Waals surface area contributed by atoms with Crippen molar-refractivity contribution in [1.82, 2.24) is 10.3 Å². The predicted octanol–water partition coefficient (Wildman–Crippen LogP) is 3.11. The molecular weight excluding hydrogens is 252 g/mol. The van der Waals surface area contributed by atoms with Crippen molar-refractivity contribution in [2.75, 3.05) is 6.54 Å². The molecule has 0 amide bonds. The van der Waals surface area contributed by atoms with E-state index in [-0.39, 0.29) is 0 Å². The molecule has 78 valence electrons. The summed E-state index contributed by atoms with van der Waals surface area (Å²) in [5, 5.41) is 4.47. The maximum atomic E-state index is 4.41. The van der Waals surface area contributed by atoms with Gasteiger partial charge >= 0.3 is 0 Å². The molecule has 0 aliphatic rings. The lowest BCUT2D eigenvalue weighted by molar-refractivity contribution is 0.725. The summed E-state index contributed by atoms with van der Waals surface area (Å²) in [5.74, 6) is 0. The molecule has 0 spiro atoms. The van der Waals surface area contributed by atoms with E-state index in [9.17, 15) is 0 Å². The van der Waals surface area contributed by atoms with E-state index in [0.29, 0.717) is 0 Å². The van der Waals surface area contributed by atoms with E-state index in [1.165, 1.54) is 10.9 Å². The van der Waals surface area contributed by atoms with E-state index < -0.39 is 0 Å². The molecule has 2 nitrogen and oxygen atoms in total. The molecule has 3 heteroatoms. The quantitative estimate of drug-likeness (QED) is 0.922. The third-order valence-electron chi connectivity index (χ3n) is 2.28. The lowest BCUT2D eigenvalue weighted by Crippen LogP contribution is -2.11. The number of rotatable bonds is 3. The Hall–Kier alpha value is -0.930. The van der Waals surface area contributed by atoms with Gasteiger partial charge in [0, 0.05) is 22.6 Å². The molecule has 1 aromatic carbocycles. The van der Waals surface area contributed by atoms with E-state index >= 15 is 0 Å². The van der Waals surface area contributed by atoms with Gasteiger partial charge in [0.25, 0.3) is 0 Å². The van der Waals surface area contributed by atoms with Crippen LogP contribution < -0.4 is 5.32 Å². The van der Waals surface area contributed by atoms with Crippen LogP contribution in [0.2, 0.25) is 0 Å². The highest BCUT2D eigenvalue weighted by Gasteiger charge is 1.98. The van der Waals surface area contributed by atoms with Crippen molar-refractivity contribution in [2.45, 2.75) is 13.5 Å². The van der Waals surface area contributed by atoms with Gasteiger partial charge in [-0.1, -0.05) is 22.9 Å². The molecule has 1 heterocycles. The molecule has 2 rings (SSSR count). The summed E-state index contributed by atoms with van der Waals surface area (Å²) in [6, 6.07) is 8.31. The van der Waals surface area contributed by atoms with Crippen molar-refractivity contribution < 1.29 is 0 Å². The number of pyridine rings is 1. The van der Waals surface area contributed by atoms with Gasteiger partial charge in [-0.3, -0.25) is 4.98 Å². The molecule has 0 aliphatic heterocycles. The van der Waals surface area contributed by atoms with Gasteiger partial charge in [0.05, 0.1) is 5.52 Å². The Bertz CT molecular complexity index is 468. The fourth-order valence-corrected chi connectivity index (χ4v) is 1.89. The molecule has 1 aromatic heterocycles. The molecule has 0 radical (unpaired) electrons. The summed E-state index contributed by atoms with van der Waals surface area (Å²) in [6.45, 7) is 3.97. The predicted molar refractivity (Wildman–Crippen MR) is 66.8 cm³/mol. The Morgan fingerprint density at radius 1 is 1.33 bits per heavy atom. The standard InChI is InChI=1S/C12H13BrN2/c1-2-14-7-9-5-10-6-11(13)3-4-12(10)15-8-9/h3-6,8,14H,2,7H2,1H3. The monoisotopic (exact) mass is 264 g/mol. The first kappa shape index (κ1) is 10.6. The SMILES string of the molecule is CCNCc1cnc2ccc(Br)cc2c1. The normalized spacial score (nSPS) is 10.8. The Morgan fingerprint density at radius 3 is 3.00 bits per heavy atom. The third kappa shape index (κ3) is 2.55. The van der Waals surface area contributed by atoms with Gasteiger partial charge in [-0.15, -0.1) is 0 Å². The van der Waals surface area contributed by atoms with Crippen LogP contribution in [0.25, 0.3) is 10.9 Å². The van der Waals surface area contributed by atoms with Gasteiger partial charge in [-0.05, 0) is 36.4 Å². The summed E-state index contributed by atoms with van der Waals surface area (Å²) < 4.78 is 1.09. The van der Waals surface area contributed by atoms with Crippen LogP contribution in [0.15, 0.2) is 34.9 Å². The van der Waals surface area contributed by atoms with Crippen LogP contribution in [0.1, 0.15) is 12.5 Å². The van der Waals surface area contributed by atoms with Gasteiger partial charge < -0.3 is 5.32 Å². The molecule has 0 aliphatic carbocycles. The molecule has 15 heavy (non-hydrogen) atoms. The maximum Gasteiger partial charge on any atom is 0.0702 e. The molecule has 0 fully saturated rings. The summed E-state index contributed by atoms with van der Waals surface area (Å²) in [5.41, 5.74) is 2.26. The van der Waals surface area contributed by atoms with Crippen molar-refractivity contribution in [3.63, 3.8) is 0 Å². The van der Waals surface area contributed by atoms with Crippen molar-refractivity contribution in [3.8, 4) is 0 Å². The van der Waals surface area contributed by atoms with Crippen LogP contribution in [0.3, 0.4) is 0 Å². The number of hydrogen-bond donors (Lipinski definition) is 1. The van der Waals surface area contributed by atoms with E-state index in [1.807, 2.05) is 18.3 Å². The van der Waals surface area contributed by atoms with E-state index in [2.05, 4.69) is 45.3 Å². The maximum absolute atomic E-state index is 4.41. The second-order valence-electron chi connectivity index (χ2n) is 3.46. The average molecular weight is 265 g/mol. The molecule has 0 saturated heterocycles. The summed E-state index contributed by atoms with van der Waals surface area (Å²) in [7, 11) is 0. The van der Waals surface area contributed by atoms with Crippen molar-refractivity contribution in [3.05, 3.63) is 40.5 Å². The van der Waals surface area contributed by atoms with Crippen LogP contribution in [-0.4, -0.2) is 11.5 Å².